The van der Waals surface area contributed by atoms with Crippen LogP contribution >= 0.6 is 0 Å². The molecule has 0 spiro atoms. The number of carboxylic acids is 1. The van der Waals surface area contributed by atoms with Crippen LogP contribution in [0.1, 0.15) is 27.2 Å². The summed E-state index contributed by atoms with van der Waals surface area (Å²) in [6.07, 6.45) is 0.852. The molecule has 1 aliphatic heterocycles. The summed E-state index contributed by atoms with van der Waals surface area (Å²) < 4.78 is 0. The SMILES string of the molecule is CCC(C)C(=O)N1CCN(C(C)C(=O)O)CC1. The molecule has 17 heavy (non-hydrogen) atoms. The van der Waals surface area contributed by atoms with Gasteiger partial charge in [0.15, 0.2) is 0 Å². The minimum absolute atomic E-state index is 0.0680. The maximum Gasteiger partial charge on any atom is 0.320 e. The van der Waals surface area contributed by atoms with E-state index in [2.05, 4.69) is 0 Å². The third kappa shape index (κ3) is 3.43. The number of amides is 1. The van der Waals surface area contributed by atoms with Gasteiger partial charge in [-0.1, -0.05) is 13.8 Å². The number of carboxylic acid groups (broad SMARTS) is 1. The van der Waals surface area contributed by atoms with Crippen molar-refractivity contribution in [3.63, 3.8) is 0 Å². The molecule has 5 heteroatoms. The van der Waals surface area contributed by atoms with E-state index in [0.717, 1.165) is 6.42 Å². The Bertz CT molecular complexity index is 285. The van der Waals surface area contributed by atoms with Crippen molar-refractivity contribution in [2.75, 3.05) is 26.2 Å². The van der Waals surface area contributed by atoms with Gasteiger partial charge < -0.3 is 10.0 Å². The Labute approximate surface area is 102 Å². The number of rotatable bonds is 4. The Morgan fingerprint density at radius 2 is 1.71 bits per heavy atom. The van der Waals surface area contributed by atoms with E-state index in [9.17, 15) is 9.59 Å². The first-order valence-corrected chi connectivity index (χ1v) is 6.23. The molecular weight excluding hydrogens is 220 g/mol. The van der Waals surface area contributed by atoms with Crippen molar-refractivity contribution in [3.05, 3.63) is 0 Å². The van der Waals surface area contributed by atoms with Crippen molar-refractivity contribution >= 4 is 11.9 Å². The second kappa shape index (κ2) is 6.00. The Morgan fingerprint density at radius 1 is 1.18 bits per heavy atom. The molecule has 0 aromatic heterocycles. The number of hydrogen-bond donors (Lipinski definition) is 1. The molecule has 0 saturated carbocycles. The smallest absolute Gasteiger partial charge is 0.320 e. The van der Waals surface area contributed by atoms with Crippen LogP contribution < -0.4 is 0 Å². The Hall–Kier alpha value is -1.10. The van der Waals surface area contributed by atoms with Gasteiger partial charge in [-0.2, -0.15) is 0 Å². The monoisotopic (exact) mass is 242 g/mol. The molecule has 5 nitrogen and oxygen atoms in total. The van der Waals surface area contributed by atoms with E-state index in [0.29, 0.717) is 26.2 Å². The summed E-state index contributed by atoms with van der Waals surface area (Å²) in [6.45, 7) is 8.21. The predicted molar refractivity (Wildman–Crippen MR) is 64.7 cm³/mol. The normalized spacial score (nSPS) is 21.0. The molecule has 1 rings (SSSR count). The number of piperazine rings is 1. The lowest BCUT2D eigenvalue weighted by Crippen LogP contribution is -2.53. The molecule has 1 amide bonds. The summed E-state index contributed by atoms with van der Waals surface area (Å²) in [5.41, 5.74) is 0. The summed E-state index contributed by atoms with van der Waals surface area (Å²) in [4.78, 5) is 26.5. The van der Waals surface area contributed by atoms with Gasteiger partial charge >= 0.3 is 5.97 Å². The molecule has 0 aromatic rings. The fourth-order valence-electron chi connectivity index (χ4n) is 1.97. The van der Waals surface area contributed by atoms with E-state index in [1.807, 2.05) is 23.6 Å². The summed E-state index contributed by atoms with van der Waals surface area (Å²) in [5.74, 6) is -0.541. The van der Waals surface area contributed by atoms with E-state index >= 15 is 0 Å². The number of carbonyl (C=O) groups excluding carboxylic acids is 1. The first-order chi connectivity index (χ1) is 7.97. The van der Waals surface area contributed by atoms with Gasteiger partial charge in [-0.25, -0.2) is 0 Å². The number of hydrogen-bond acceptors (Lipinski definition) is 3. The van der Waals surface area contributed by atoms with Crippen LogP contribution in [-0.2, 0) is 9.59 Å². The molecule has 1 fully saturated rings. The minimum atomic E-state index is -0.799. The molecular formula is C12H22N2O3. The molecule has 1 aliphatic rings. The van der Waals surface area contributed by atoms with Crippen LogP contribution in [0.4, 0.5) is 0 Å². The third-order valence-corrected chi connectivity index (χ3v) is 3.56. The molecule has 2 atom stereocenters. The highest BCUT2D eigenvalue weighted by atomic mass is 16.4. The molecule has 98 valence electrons. The fraction of sp³-hybridized carbons (Fsp3) is 0.833. The van der Waals surface area contributed by atoms with E-state index in [-0.39, 0.29) is 11.8 Å². The van der Waals surface area contributed by atoms with Crippen LogP contribution in [0.15, 0.2) is 0 Å². The van der Waals surface area contributed by atoms with Gasteiger partial charge in [-0.3, -0.25) is 14.5 Å². The van der Waals surface area contributed by atoms with Gasteiger partial charge in [0.2, 0.25) is 5.91 Å². The quantitative estimate of drug-likeness (QED) is 0.786. The second-order valence-corrected chi connectivity index (χ2v) is 4.68. The van der Waals surface area contributed by atoms with Crippen molar-refractivity contribution in [1.82, 2.24) is 9.80 Å². The summed E-state index contributed by atoms with van der Waals surface area (Å²) in [7, 11) is 0. The lowest BCUT2D eigenvalue weighted by atomic mass is 10.1. The van der Waals surface area contributed by atoms with Crippen LogP contribution in [0.3, 0.4) is 0 Å². The van der Waals surface area contributed by atoms with Crippen LogP contribution in [0.25, 0.3) is 0 Å². The minimum Gasteiger partial charge on any atom is -0.480 e. The predicted octanol–water partition coefficient (Wildman–Crippen LogP) is 0.650. The Kier molecular flexibility index (Phi) is 4.93. The van der Waals surface area contributed by atoms with Crippen molar-refractivity contribution in [2.24, 2.45) is 5.92 Å². The third-order valence-electron chi connectivity index (χ3n) is 3.56. The van der Waals surface area contributed by atoms with E-state index in [1.165, 1.54) is 0 Å². The zero-order valence-electron chi connectivity index (χ0n) is 10.8. The maximum absolute atomic E-state index is 11.9. The maximum atomic E-state index is 11.9. The van der Waals surface area contributed by atoms with Crippen molar-refractivity contribution in [2.45, 2.75) is 33.2 Å². The van der Waals surface area contributed by atoms with Gasteiger partial charge in [0, 0.05) is 32.1 Å². The fourth-order valence-corrected chi connectivity index (χ4v) is 1.97. The summed E-state index contributed by atoms with van der Waals surface area (Å²) in [5, 5.41) is 8.91. The highest BCUT2D eigenvalue weighted by Gasteiger charge is 2.28. The lowest BCUT2D eigenvalue weighted by Gasteiger charge is -2.37. The number of carbonyl (C=O) groups is 2. The number of aliphatic carboxylic acids is 1. The van der Waals surface area contributed by atoms with Crippen LogP contribution in [0.2, 0.25) is 0 Å². The molecule has 1 N–H and O–H groups in total. The highest BCUT2D eigenvalue weighted by molar-refractivity contribution is 5.78. The topological polar surface area (TPSA) is 60.9 Å². The van der Waals surface area contributed by atoms with Crippen molar-refractivity contribution < 1.29 is 14.7 Å². The largest absolute Gasteiger partial charge is 0.480 e. The first kappa shape index (κ1) is 14.0. The van der Waals surface area contributed by atoms with Gasteiger partial charge in [0.1, 0.15) is 6.04 Å². The molecule has 1 saturated heterocycles. The zero-order valence-corrected chi connectivity index (χ0v) is 10.8. The molecule has 0 bridgehead atoms. The van der Waals surface area contributed by atoms with Gasteiger partial charge in [0.25, 0.3) is 0 Å². The van der Waals surface area contributed by atoms with E-state index in [4.69, 9.17) is 5.11 Å². The number of nitrogens with zero attached hydrogens (tertiary/aromatic N) is 2. The molecule has 2 unspecified atom stereocenters. The lowest BCUT2D eigenvalue weighted by molar-refractivity contribution is -0.144. The van der Waals surface area contributed by atoms with Crippen molar-refractivity contribution in [1.29, 1.82) is 0 Å². The van der Waals surface area contributed by atoms with Crippen LogP contribution in [0, 0.1) is 5.92 Å². The molecule has 0 aromatic carbocycles. The molecule has 0 radical (unpaired) electrons. The van der Waals surface area contributed by atoms with Crippen LogP contribution in [0.5, 0.6) is 0 Å². The van der Waals surface area contributed by atoms with Gasteiger partial charge in [0.05, 0.1) is 0 Å². The van der Waals surface area contributed by atoms with Gasteiger partial charge in [-0.05, 0) is 13.3 Å². The van der Waals surface area contributed by atoms with E-state index < -0.39 is 12.0 Å². The molecule has 0 aliphatic carbocycles. The Morgan fingerprint density at radius 3 is 2.12 bits per heavy atom. The van der Waals surface area contributed by atoms with Gasteiger partial charge in [-0.15, -0.1) is 0 Å². The molecule has 1 heterocycles. The average Bonchev–Trinajstić information content (AvgIpc) is 2.36. The van der Waals surface area contributed by atoms with E-state index in [1.54, 1.807) is 6.92 Å². The highest BCUT2D eigenvalue weighted by Crippen LogP contribution is 2.11. The second-order valence-electron chi connectivity index (χ2n) is 4.68. The van der Waals surface area contributed by atoms with Crippen molar-refractivity contribution in [3.8, 4) is 0 Å². The summed E-state index contributed by atoms with van der Waals surface area (Å²) in [6, 6.07) is -0.462. The standard InChI is InChI=1S/C12H22N2O3/c1-4-9(2)11(15)14-7-5-13(6-8-14)10(3)12(16)17/h9-10H,4-8H2,1-3H3,(H,16,17). The van der Waals surface area contributed by atoms with Crippen LogP contribution in [-0.4, -0.2) is 59.0 Å². The first-order valence-electron chi connectivity index (χ1n) is 6.23. The zero-order chi connectivity index (χ0) is 13.0. The Balaban J connectivity index is 2.45. The summed E-state index contributed by atoms with van der Waals surface area (Å²) >= 11 is 0. The average molecular weight is 242 g/mol.